The molecule has 2 heterocycles. The molecule has 0 amide bonds. The zero-order valence-corrected chi connectivity index (χ0v) is 9.72. The number of nitrogens with zero attached hydrogens (tertiary/aromatic N) is 2. The third-order valence-corrected chi connectivity index (χ3v) is 3.13. The molecule has 0 saturated carbocycles. The van der Waals surface area contributed by atoms with E-state index in [2.05, 4.69) is 10.5 Å². The first-order chi connectivity index (χ1) is 7.79. The summed E-state index contributed by atoms with van der Waals surface area (Å²) in [6, 6.07) is 0.253. The van der Waals surface area contributed by atoms with E-state index in [-0.39, 0.29) is 12.1 Å². The van der Waals surface area contributed by atoms with Gasteiger partial charge < -0.3 is 4.74 Å². The minimum Gasteiger partial charge on any atom is -0.377 e. The summed E-state index contributed by atoms with van der Waals surface area (Å²) in [5.41, 5.74) is 4.12. The molecule has 0 spiro atoms. The standard InChI is InChI=1S/C11H20N4O/c1-15-8-9(7-13-15)4-5-10(14-12)11-3-2-6-16-11/h7-8,10-11,14H,2-6,12H2,1H3. The van der Waals surface area contributed by atoms with Crippen LogP contribution in [0, 0.1) is 0 Å². The van der Waals surface area contributed by atoms with Crippen molar-refractivity contribution in [2.45, 2.75) is 37.8 Å². The highest BCUT2D eigenvalue weighted by molar-refractivity contribution is 5.04. The van der Waals surface area contributed by atoms with Crippen LogP contribution in [0.25, 0.3) is 0 Å². The molecule has 1 aliphatic heterocycles. The molecular weight excluding hydrogens is 204 g/mol. The van der Waals surface area contributed by atoms with E-state index in [0.717, 1.165) is 32.3 Å². The third kappa shape index (κ3) is 2.81. The van der Waals surface area contributed by atoms with Crippen molar-refractivity contribution in [2.75, 3.05) is 6.61 Å². The van der Waals surface area contributed by atoms with Crippen LogP contribution in [0.3, 0.4) is 0 Å². The summed E-state index contributed by atoms with van der Waals surface area (Å²) < 4.78 is 7.46. The predicted octanol–water partition coefficient (Wildman–Crippen LogP) is 0.364. The molecule has 2 atom stereocenters. The van der Waals surface area contributed by atoms with Gasteiger partial charge in [-0.2, -0.15) is 5.10 Å². The van der Waals surface area contributed by atoms with Gasteiger partial charge in [0.2, 0.25) is 0 Å². The molecule has 5 heteroatoms. The van der Waals surface area contributed by atoms with Crippen LogP contribution >= 0.6 is 0 Å². The zero-order valence-electron chi connectivity index (χ0n) is 9.72. The molecule has 5 nitrogen and oxygen atoms in total. The van der Waals surface area contributed by atoms with Crippen molar-refractivity contribution < 1.29 is 4.74 Å². The molecule has 90 valence electrons. The summed E-state index contributed by atoms with van der Waals surface area (Å²) in [4.78, 5) is 0. The molecule has 3 N–H and O–H groups in total. The van der Waals surface area contributed by atoms with E-state index in [1.807, 2.05) is 24.1 Å². The minimum absolute atomic E-state index is 0.253. The summed E-state index contributed by atoms with van der Waals surface area (Å²) in [5.74, 6) is 5.57. The molecule has 2 unspecified atom stereocenters. The lowest BCUT2D eigenvalue weighted by Gasteiger charge is -2.21. The number of aryl methyl sites for hydroxylation is 2. The normalized spacial score (nSPS) is 22.5. The Hall–Kier alpha value is -0.910. The van der Waals surface area contributed by atoms with Crippen LogP contribution < -0.4 is 11.3 Å². The Labute approximate surface area is 95.9 Å². The van der Waals surface area contributed by atoms with E-state index in [9.17, 15) is 0 Å². The quantitative estimate of drug-likeness (QED) is 0.560. The Morgan fingerprint density at radius 3 is 3.19 bits per heavy atom. The number of hydrazine groups is 1. The molecule has 0 aromatic carbocycles. The molecule has 1 fully saturated rings. The highest BCUT2D eigenvalue weighted by Crippen LogP contribution is 2.18. The van der Waals surface area contributed by atoms with Gasteiger partial charge in [-0.05, 0) is 31.2 Å². The Bertz CT molecular complexity index is 320. The van der Waals surface area contributed by atoms with Gasteiger partial charge in [-0.25, -0.2) is 0 Å². The first-order valence-corrected chi connectivity index (χ1v) is 5.85. The number of hydrogen-bond acceptors (Lipinski definition) is 4. The maximum Gasteiger partial charge on any atom is 0.0742 e. The van der Waals surface area contributed by atoms with Crippen molar-refractivity contribution in [2.24, 2.45) is 12.9 Å². The fourth-order valence-corrected chi connectivity index (χ4v) is 2.22. The first-order valence-electron chi connectivity index (χ1n) is 5.85. The van der Waals surface area contributed by atoms with Crippen LogP contribution in [-0.2, 0) is 18.2 Å². The largest absolute Gasteiger partial charge is 0.377 e. The van der Waals surface area contributed by atoms with Gasteiger partial charge >= 0.3 is 0 Å². The molecule has 1 saturated heterocycles. The molecule has 1 aromatic heterocycles. The highest BCUT2D eigenvalue weighted by atomic mass is 16.5. The smallest absolute Gasteiger partial charge is 0.0742 e. The van der Waals surface area contributed by atoms with E-state index < -0.39 is 0 Å². The van der Waals surface area contributed by atoms with Crippen molar-refractivity contribution in [3.63, 3.8) is 0 Å². The Morgan fingerprint density at radius 2 is 2.62 bits per heavy atom. The van der Waals surface area contributed by atoms with Gasteiger partial charge in [0, 0.05) is 25.9 Å². The van der Waals surface area contributed by atoms with Gasteiger partial charge in [0.15, 0.2) is 0 Å². The molecule has 1 aliphatic rings. The predicted molar refractivity (Wildman–Crippen MR) is 61.6 cm³/mol. The van der Waals surface area contributed by atoms with E-state index in [1.165, 1.54) is 5.56 Å². The molecule has 1 aromatic rings. The average Bonchev–Trinajstić information content (AvgIpc) is 2.91. The van der Waals surface area contributed by atoms with Crippen LogP contribution in [0.5, 0.6) is 0 Å². The molecule has 0 aliphatic carbocycles. The van der Waals surface area contributed by atoms with Gasteiger partial charge in [-0.1, -0.05) is 0 Å². The molecular formula is C11H20N4O. The van der Waals surface area contributed by atoms with Crippen molar-refractivity contribution in [1.29, 1.82) is 0 Å². The summed E-state index contributed by atoms with van der Waals surface area (Å²) in [6.45, 7) is 0.871. The van der Waals surface area contributed by atoms with Gasteiger partial charge in [0.25, 0.3) is 0 Å². The Kier molecular flexibility index (Phi) is 3.93. The first kappa shape index (κ1) is 11.6. The van der Waals surface area contributed by atoms with Crippen molar-refractivity contribution in [3.8, 4) is 0 Å². The lowest BCUT2D eigenvalue weighted by molar-refractivity contribution is 0.0757. The third-order valence-electron chi connectivity index (χ3n) is 3.13. The van der Waals surface area contributed by atoms with Gasteiger partial charge in [0.05, 0.1) is 12.3 Å². The van der Waals surface area contributed by atoms with Gasteiger partial charge in [-0.3, -0.25) is 16.0 Å². The van der Waals surface area contributed by atoms with E-state index in [1.54, 1.807) is 0 Å². The fraction of sp³-hybridized carbons (Fsp3) is 0.727. The van der Waals surface area contributed by atoms with E-state index in [0.29, 0.717) is 0 Å². The number of hydrogen-bond donors (Lipinski definition) is 2. The van der Waals surface area contributed by atoms with Crippen LogP contribution in [0.15, 0.2) is 12.4 Å². The van der Waals surface area contributed by atoms with Gasteiger partial charge in [-0.15, -0.1) is 0 Å². The van der Waals surface area contributed by atoms with Crippen LogP contribution in [0.1, 0.15) is 24.8 Å². The summed E-state index contributed by atoms with van der Waals surface area (Å²) in [5, 5.41) is 4.15. The molecule has 2 rings (SSSR count). The average molecular weight is 224 g/mol. The Morgan fingerprint density at radius 1 is 1.75 bits per heavy atom. The van der Waals surface area contributed by atoms with Crippen molar-refractivity contribution in [1.82, 2.24) is 15.2 Å². The number of ether oxygens (including phenoxy) is 1. The van der Waals surface area contributed by atoms with Crippen LogP contribution in [0.4, 0.5) is 0 Å². The van der Waals surface area contributed by atoms with E-state index in [4.69, 9.17) is 10.6 Å². The lowest BCUT2D eigenvalue weighted by atomic mass is 10.0. The second-order valence-corrected chi connectivity index (χ2v) is 4.39. The molecule has 16 heavy (non-hydrogen) atoms. The monoisotopic (exact) mass is 224 g/mol. The topological polar surface area (TPSA) is 65.1 Å². The number of nitrogens with one attached hydrogen (secondary N) is 1. The summed E-state index contributed by atoms with van der Waals surface area (Å²) >= 11 is 0. The fourth-order valence-electron chi connectivity index (χ4n) is 2.22. The SMILES string of the molecule is Cn1cc(CCC(NN)C2CCCO2)cn1. The van der Waals surface area contributed by atoms with E-state index >= 15 is 0 Å². The maximum atomic E-state index is 5.64. The second-order valence-electron chi connectivity index (χ2n) is 4.39. The van der Waals surface area contributed by atoms with Gasteiger partial charge in [0.1, 0.15) is 0 Å². The highest BCUT2D eigenvalue weighted by Gasteiger charge is 2.24. The lowest BCUT2D eigenvalue weighted by Crippen LogP contribution is -2.44. The number of rotatable bonds is 5. The summed E-state index contributed by atoms with van der Waals surface area (Å²) in [7, 11) is 1.93. The minimum atomic E-state index is 0.253. The molecule has 0 radical (unpaired) electrons. The zero-order chi connectivity index (χ0) is 11.4. The van der Waals surface area contributed by atoms with Crippen molar-refractivity contribution in [3.05, 3.63) is 18.0 Å². The maximum absolute atomic E-state index is 5.64. The molecule has 0 bridgehead atoms. The Balaban J connectivity index is 1.82. The van der Waals surface area contributed by atoms with Crippen molar-refractivity contribution >= 4 is 0 Å². The second kappa shape index (κ2) is 5.43. The van der Waals surface area contributed by atoms with Crippen LogP contribution in [-0.4, -0.2) is 28.5 Å². The van der Waals surface area contributed by atoms with Crippen LogP contribution in [0.2, 0.25) is 0 Å². The summed E-state index contributed by atoms with van der Waals surface area (Å²) in [6.07, 6.45) is 8.47. The number of nitrogens with two attached hydrogens (primary N) is 1. The number of aromatic nitrogens is 2.